The number of benzene rings is 2. The van der Waals surface area contributed by atoms with Crippen LogP contribution in [0.1, 0.15) is 20.9 Å². The van der Waals surface area contributed by atoms with Crippen LogP contribution in [0.15, 0.2) is 71.3 Å². The van der Waals surface area contributed by atoms with Gasteiger partial charge in [0.25, 0.3) is 17.7 Å². The fourth-order valence-corrected chi connectivity index (χ4v) is 2.60. The molecule has 1 heterocycles. The molecule has 2 N–H and O–H groups in total. The van der Waals surface area contributed by atoms with Crippen molar-refractivity contribution in [1.82, 2.24) is 4.90 Å². The lowest BCUT2D eigenvalue weighted by molar-refractivity contribution is -0.118. The molecule has 0 saturated heterocycles. The minimum absolute atomic E-state index is 0.157. The Labute approximate surface area is 173 Å². The molecule has 3 rings (SSSR count). The highest BCUT2D eigenvalue weighted by Gasteiger charge is 2.11. The van der Waals surface area contributed by atoms with E-state index in [4.69, 9.17) is 9.15 Å². The van der Waals surface area contributed by atoms with Gasteiger partial charge in [0.1, 0.15) is 5.75 Å². The van der Waals surface area contributed by atoms with E-state index in [1.165, 1.54) is 11.2 Å². The van der Waals surface area contributed by atoms with Crippen molar-refractivity contribution in [2.24, 2.45) is 0 Å². The summed E-state index contributed by atoms with van der Waals surface area (Å²) in [7, 11) is 3.32. The average Bonchev–Trinajstić information content (AvgIpc) is 3.27. The number of anilines is 2. The van der Waals surface area contributed by atoms with Crippen molar-refractivity contribution in [2.45, 2.75) is 0 Å². The Kier molecular flexibility index (Phi) is 6.49. The van der Waals surface area contributed by atoms with Crippen LogP contribution < -0.4 is 15.4 Å². The second kappa shape index (κ2) is 9.42. The summed E-state index contributed by atoms with van der Waals surface area (Å²) in [6.45, 7) is -0.235. The lowest BCUT2D eigenvalue weighted by Crippen LogP contribution is -2.23. The van der Waals surface area contributed by atoms with E-state index in [1.54, 1.807) is 74.8 Å². The molecule has 0 aliphatic carbocycles. The Morgan fingerprint density at radius 1 is 0.933 bits per heavy atom. The van der Waals surface area contributed by atoms with Gasteiger partial charge < -0.3 is 24.7 Å². The third kappa shape index (κ3) is 5.48. The molecule has 8 heteroatoms. The maximum Gasteiger partial charge on any atom is 0.291 e. The largest absolute Gasteiger partial charge is 0.484 e. The van der Waals surface area contributed by atoms with Crippen LogP contribution in [0.4, 0.5) is 11.4 Å². The molecule has 3 aromatic rings. The molecule has 0 aliphatic heterocycles. The molecule has 2 aromatic carbocycles. The predicted molar refractivity (Wildman–Crippen MR) is 112 cm³/mol. The summed E-state index contributed by atoms with van der Waals surface area (Å²) in [5.41, 5.74) is 1.47. The van der Waals surface area contributed by atoms with Gasteiger partial charge in [-0.15, -0.1) is 0 Å². The fraction of sp³-hybridized carbons (Fsp3) is 0.136. The summed E-state index contributed by atoms with van der Waals surface area (Å²) in [4.78, 5) is 37.7. The number of carbonyl (C=O) groups is 3. The van der Waals surface area contributed by atoms with Crippen molar-refractivity contribution >= 4 is 29.1 Å². The molecule has 30 heavy (non-hydrogen) atoms. The second-order valence-corrected chi connectivity index (χ2v) is 6.58. The van der Waals surface area contributed by atoms with Crippen molar-refractivity contribution < 1.29 is 23.5 Å². The maximum absolute atomic E-state index is 12.2. The molecule has 1 aromatic heterocycles. The monoisotopic (exact) mass is 407 g/mol. The van der Waals surface area contributed by atoms with Crippen LogP contribution >= 0.6 is 0 Å². The lowest BCUT2D eigenvalue weighted by atomic mass is 10.2. The van der Waals surface area contributed by atoms with Crippen molar-refractivity contribution in [3.05, 3.63) is 78.3 Å². The zero-order chi connectivity index (χ0) is 21.5. The van der Waals surface area contributed by atoms with E-state index in [0.717, 1.165) is 0 Å². The standard InChI is InChI=1S/C22H21N3O5/c1-25(2)22(28)15-6-3-7-16(12-15)23-20(26)14-30-18-9-4-8-17(13-18)24-21(27)19-10-5-11-29-19/h3-13H,14H2,1-2H3,(H,23,26)(H,24,27). The van der Waals surface area contributed by atoms with Crippen LogP contribution in [-0.2, 0) is 4.79 Å². The van der Waals surface area contributed by atoms with Gasteiger partial charge in [0, 0.05) is 37.1 Å². The molecular formula is C22H21N3O5. The van der Waals surface area contributed by atoms with E-state index in [9.17, 15) is 14.4 Å². The van der Waals surface area contributed by atoms with E-state index < -0.39 is 0 Å². The number of furan rings is 1. The number of ether oxygens (including phenoxy) is 1. The minimum Gasteiger partial charge on any atom is -0.484 e. The number of nitrogens with one attached hydrogen (secondary N) is 2. The summed E-state index contributed by atoms with van der Waals surface area (Å²) >= 11 is 0. The van der Waals surface area contributed by atoms with Crippen molar-refractivity contribution in [3.8, 4) is 5.75 Å². The first-order chi connectivity index (χ1) is 14.4. The Morgan fingerprint density at radius 3 is 2.37 bits per heavy atom. The first kappa shape index (κ1) is 20.7. The van der Waals surface area contributed by atoms with Gasteiger partial charge in [-0.3, -0.25) is 14.4 Å². The number of nitrogens with zero attached hydrogens (tertiary/aromatic N) is 1. The smallest absolute Gasteiger partial charge is 0.291 e. The van der Waals surface area contributed by atoms with E-state index in [-0.39, 0.29) is 30.1 Å². The van der Waals surface area contributed by atoms with Gasteiger partial charge in [-0.1, -0.05) is 12.1 Å². The highest BCUT2D eigenvalue weighted by atomic mass is 16.5. The number of hydrogen-bond donors (Lipinski definition) is 2. The number of hydrogen-bond acceptors (Lipinski definition) is 5. The summed E-state index contributed by atoms with van der Waals surface area (Å²) in [5.74, 6) is -0.318. The molecule has 8 nitrogen and oxygen atoms in total. The number of amides is 3. The molecule has 0 aliphatic rings. The Bertz CT molecular complexity index is 1040. The average molecular weight is 407 g/mol. The van der Waals surface area contributed by atoms with E-state index >= 15 is 0 Å². The van der Waals surface area contributed by atoms with E-state index in [2.05, 4.69) is 10.6 Å². The molecule has 3 amide bonds. The van der Waals surface area contributed by atoms with Crippen LogP contribution in [-0.4, -0.2) is 43.3 Å². The first-order valence-electron chi connectivity index (χ1n) is 9.11. The van der Waals surface area contributed by atoms with Gasteiger partial charge in [0.2, 0.25) is 0 Å². The predicted octanol–water partition coefficient (Wildman–Crippen LogP) is 3.25. The lowest BCUT2D eigenvalue weighted by Gasteiger charge is -2.12. The van der Waals surface area contributed by atoms with E-state index in [1.807, 2.05) is 0 Å². The second-order valence-electron chi connectivity index (χ2n) is 6.58. The summed E-state index contributed by atoms with van der Waals surface area (Å²) in [5, 5.41) is 5.38. The Balaban J connectivity index is 1.55. The third-order valence-corrected chi connectivity index (χ3v) is 4.01. The Hall–Kier alpha value is -4.07. The molecule has 0 saturated carbocycles. The molecule has 154 valence electrons. The molecule has 0 bridgehead atoms. The van der Waals surface area contributed by atoms with Crippen LogP contribution in [0, 0.1) is 0 Å². The van der Waals surface area contributed by atoms with Crippen molar-refractivity contribution in [3.63, 3.8) is 0 Å². The first-order valence-corrected chi connectivity index (χ1v) is 9.11. The SMILES string of the molecule is CN(C)C(=O)c1cccc(NC(=O)COc2cccc(NC(=O)c3ccco3)c2)c1. The Morgan fingerprint density at radius 2 is 1.67 bits per heavy atom. The maximum atomic E-state index is 12.2. The molecular weight excluding hydrogens is 386 g/mol. The van der Waals surface area contributed by atoms with Gasteiger partial charge in [0.15, 0.2) is 12.4 Å². The van der Waals surface area contributed by atoms with E-state index in [0.29, 0.717) is 22.7 Å². The highest BCUT2D eigenvalue weighted by Crippen LogP contribution is 2.18. The molecule has 0 atom stereocenters. The van der Waals surface area contributed by atoms with Gasteiger partial charge in [-0.2, -0.15) is 0 Å². The highest BCUT2D eigenvalue weighted by molar-refractivity contribution is 6.02. The van der Waals surface area contributed by atoms with Crippen LogP contribution in [0.5, 0.6) is 5.75 Å². The number of carbonyl (C=O) groups excluding carboxylic acids is 3. The van der Waals surface area contributed by atoms with Gasteiger partial charge in [0.05, 0.1) is 6.26 Å². The quantitative estimate of drug-likeness (QED) is 0.626. The topological polar surface area (TPSA) is 101 Å². The zero-order valence-corrected chi connectivity index (χ0v) is 16.5. The zero-order valence-electron chi connectivity index (χ0n) is 16.5. The van der Waals surface area contributed by atoms with Crippen LogP contribution in [0.3, 0.4) is 0 Å². The third-order valence-electron chi connectivity index (χ3n) is 4.01. The van der Waals surface area contributed by atoms with Gasteiger partial charge >= 0.3 is 0 Å². The summed E-state index contributed by atoms with van der Waals surface area (Å²) < 4.78 is 10.6. The van der Waals surface area contributed by atoms with Gasteiger partial charge in [-0.05, 0) is 42.5 Å². The van der Waals surface area contributed by atoms with Crippen molar-refractivity contribution in [1.29, 1.82) is 0 Å². The fourth-order valence-electron chi connectivity index (χ4n) is 2.60. The normalized spacial score (nSPS) is 10.2. The molecule has 0 spiro atoms. The minimum atomic E-state index is -0.387. The molecule has 0 unspecified atom stereocenters. The van der Waals surface area contributed by atoms with Crippen molar-refractivity contribution in [2.75, 3.05) is 31.3 Å². The molecule has 0 fully saturated rings. The van der Waals surface area contributed by atoms with Gasteiger partial charge in [-0.25, -0.2) is 0 Å². The summed E-state index contributed by atoms with van der Waals surface area (Å²) in [6, 6.07) is 16.5. The van der Waals surface area contributed by atoms with Crippen LogP contribution in [0.2, 0.25) is 0 Å². The van der Waals surface area contributed by atoms with Crippen LogP contribution in [0.25, 0.3) is 0 Å². The summed E-state index contributed by atoms with van der Waals surface area (Å²) in [6.07, 6.45) is 1.42. The molecule has 0 radical (unpaired) electrons. The number of rotatable bonds is 7.